The number of fused-ring (bicyclic) bond motifs is 1. The summed E-state index contributed by atoms with van der Waals surface area (Å²) >= 11 is 0. The lowest BCUT2D eigenvalue weighted by molar-refractivity contribution is 0.415. The Hall–Kier alpha value is -3.74. The second kappa shape index (κ2) is 7.02. The molecule has 128 valence electrons. The molecule has 0 fully saturated rings. The second-order valence-corrected chi connectivity index (χ2v) is 5.56. The van der Waals surface area contributed by atoms with Gasteiger partial charge in [-0.1, -0.05) is 46.3 Å². The predicted molar refractivity (Wildman–Crippen MR) is 101 cm³/mol. The van der Waals surface area contributed by atoms with Crippen molar-refractivity contribution in [2.75, 3.05) is 12.4 Å². The normalized spacial score (nSPS) is 11.1. The van der Waals surface area contributed by atoms with Gasteiger partial charge in [-0.25, -0.2) is 0 Å². The fourth-order valence-electron chi connectivity index (χ4n) is 2.60. The quantitative estimate of drug-likeness (QED) is 0.561. The average Bonchev–Trinajstić information content (AvgIpc) is 3.14. The number of methoxy groups -OCH3 is 1. The highest BCUT2D eigenvalue weighted by atomic mass is 16.5. The molecule has 4 rings (SSSR count). The van der Waals surface area contributed by atoms with Gasteiger partial charge < -0.3 is 10.1 Å². The molecule has 0 unspecified atom stereocenters. The van der Waals surface area contributed by atoms with Crippen LogP contribution in [0.3, 0.4) is 0 Å². The summed E-state index contributed by atoms with van der Waals surface area (Å²) in [5.74, 6) is 1.23. The largest absolute Gasteiger partial charge is 0.497 e. The van der Waals surface area contributed by atoms with Crippen molar-refractivity contribution < 1.29 is 4.74 Å². The molecule has 0 aliphatic heterocycles. The summed E-state index contributed by atoms with van der Waals surface area (Å²) in [5.41, 5.74) is 1.83. The third-order valence-electron chi connectivity index (χ3n) is 3.92. The van der Waals surface area contributed by atoms with Crippen LogP contribution >= 0.6 is 0 Å². The maximum atomic E-state index is 5.15. The number of rotatable bonds is 5. The van der Waals surface area contributed by atoms with Crippen molar-refractivity contribution in [3.05, 3.63) is 72.3 Å². The van der Waals surface area contributed by atoms with Crippen molar-refractivity contribution >= 4 is 28.6 Å². The van der Waals surface area contributed by atoms with Crippen molar-refractivity contribution in [2.45, 2.75) is 0 Å². The van der Waals surface area contributed by atoms with Crippen LogP contribution in [-0.4, -0.2) is 33.6 Å². The lowest BCUT2D eigenvalue weighted by Crippen LogP contribution is -2.01. The highest BCUT2D eigenvalue weighted by Crippen LogP contribution is 2.25. The van der Waals surface area contributed by atoms with Crippen LogP contribution in [0, 0.1) is 0 Å². The van der Waals surface area contributed by atoms with Gasteiger partial charge in [0.05, 0.1) is 13.3 Å². The van der Waals surface area contributed by atoms with E-state index in [2.05, 4.69) is 38.1 Å². The van der Waals surface area contributed by atoms with E-state index in [9.17, 15) is 0 Å². The summed E-state index contributed by atoms with van der Waals surface area (Å²) < 4.78 is 5.15. The van der Waals surface area contributed by atoms with Gasteiger partial charge in [0.1, 0.15) is 5.75 Å². The Balaban J connectivity index is 1.59. The lowest BCUT2D eigenvalue weighted by Gasteiger charge is -2.07. The van der Waals surface area contributed by atoms with E-state index < -0.39 is 0 Å². The Morgan fingerprint density at radius 2 is 1.81 bits per heavy atom. The molecule has 1 aromatic heterocycles. The minimum atomic E-state index is 0.436. The lowest BCUT2D eigenvalue weighted by atomic mass is 10.1. The fraction of sp³-hybridized carbons (Fsp3) is 0.0526. The van der Waals surface area contributed by atoms with E-state index in [1.807, 2.05) is 54.6 Å². The molecular weight excluding hydrogens is 328 g/mol. The van der Waals surface area contributed by atoms with E-state index in [0.717, 1.165) is 27.8 Å². The monoisotopic (exact) mass is 344 g/mol. The number of nitrogens with zero attached hydrogens (tertiary/aromatic N) is 5. The van der Waals surface area contributed by atoms with Gasteiger partial charge in [0.25, 0.3) is 5.95 Å². The standard InChI is InChI=1S/C19H16N6O/c1-26-16-11-9-14(10-12-16)13-20-25-19(22-23-24-25)21-18-8-4-6-15-5-2-3-7-17(15)18/h2-13H,1H3,(H,21,22,24). The number of benzene rings is 3. The topological polar surface area (TPSA) is 77.2 Å². The van der Waals surface area contributed by atoms with Gasteiger partial charge in [-0.05, 0) is 51.7 Å². The van der Waals surface area contributed by atoms with E-state index in [1.54, 1.807) is 13.3 Å². The molecule has 3 aromatic carbocycles. The first-order valence-electron chi connectivity index (χ1n) is 8.05. The molecule has 0 bridgehead atoms. The molecular formula is C19H16N6O. The average molecular weight is 344 g/mol. The molecule has 0 aliphatic carbocycles. The Morgan fingerprint density at radius 1 is 1.00 bits per heavy atom. The summed E-state index contributed by atoms with van der Waals surface area (Å²) in [7, 11) is 1.63. The molecule has 0 saturated carbocycles. The van der Waals surface area contributed by atoms with Crippen molar-refractivity contribution in [3.8, 4) is 5.75 Å². The first kappa shape index (κ1) is 15.8. The van der Waals surface area contributed by atoms with Crippen molar-refractivity contribution in [1.29, 1.82) is 0 Å². The molecule has 7 nitrogen and oxygen atoms in total. The van der Waals surface area contributed by atoms with E-state index >= 15 is 0 Å². The Kier molecular flexibility index (Phi) is 4.26. The van der Waals surface area contributed by atoms with E-state index in [-0.39, 0.29) is 0 Å². The zero-order chi connectivity index (χ0) is 17.8. The maximum absolute atomic E-state index is 5.15. The number of hydrogen-bond acceptors (Lipinski definition) is 6. The Bertz CT molecular complexity index is 1050. The number of nitrogens with one attached hydrogen (secondary N) is 1. The minimum absolute atomic E-state index is 0.436. The van der Waals surface area contributed by atoms with Crippen LogP contribution in [0.15, 0.2) is 71.8 Å². The number of hydrogen-bond donors (Lipinski definition) is 1. The molecule has 0 saturated heterocycles. The van der Waals surface area contributed by atoms with Gasteiger partial charge in [0.2, 0.25) is 0 Å². The van der Waals surface area contributed by atoms with Crippen molar-refractivity contribution in [3.63, 3.8) is 0 Å². The van der Waals surface area contributed by atoms with E-state index in [4.69, 9.17) is 4.74 Å². The van der Waals surface area contributed by atoms with Gasteiger partial charge >= 0.3 is 0 Å². The van der Waals surface area contributed by atoms with Gasteiger partial charge in [0.15, 0.2) is 0 Å². The first-order chi connectivity index (χ1) is 12.8. The summed E-state index contributed by atoms with van der Waals surface area (Å²) in [6.45, 7) is 0. The Labute approximate surface area is 149 Å². The van der Waals surface area contributed by atoms with Crippen molar-refractivity contribution in [2.24, 2.45) is 5.10 Å². The van der Waals surface area contributed by atoms with E-state index in [1.165, 1.54) is 4.79 Å². The second-order valence-electron chi connectivity index (χ2n) is 5.56. The smallest absolute Gasteiger partial charge is 0.269 e. The highest BCUT2D eigenvalue weighted by molar-refractivity contribution is 5.94. The first-order valence-corrected chi connectivity index (χ1v) is 8.05. The molecule has 1 heterocycles. The zero-order valence-corrected chi connectivity index (χ0v) is 14.1. The number of aromatic nitrogens is 4. The van der Waals surface area contributed by atoms with Crippen LogP contribution in [0.4, 0.5) is 11.6 Å². The summed E-state index contributed by atoms with van der Waals surface area (Å²) in [4.78, 5) is 1.35. The third-order valence-corrected chi connectivity index (χ3v) is 3.92. The number of tetrazole rings is 1. The number of ether oxygens (including phenoxy) is 1. The van der Waals surface area contributed by atoms with Gasteiger partial charge in [-0.2, -0.15) is 5.10 Å². The minimum Gasteiger partial charge on any atom is -0.497 e. The third kappa shape index (κ3) is 3.23. The van der Waals surface area contributed by atoms with Gasteiger partial charge in [-0.15, -0.1) is 0 Å². The SMILES string of the molecule is COc1ccc(C=Nn2nnnc2Nc2cccc3ccccc23)cc1. The molecule has 0 radical (unpaired) electrons. The van der Waals surface area contributed by atoms with Crippen LogP contribution in [0.5, 0.6) is 5.75 Å². The van der Waals surface area contributed by atoms with E-state index in [0.29, 0.717) is 5.95 Å². The van der Waals surface area contributed by atoms with Crippen LogP contribution in [-0.2, 0) is 0 Å². The highest BCUT2D eigenvalue weighted by Gasteiger charge is 2.07. The predicted octanol–water partition coefficient (Wildman–Crippen LogP) is 3.46. The summed E-state index contributed by atoms with van der Waals surface area (Å²) in [5, 5.41) is 21.4. The molecule has 0 atom stereocenters. The number of anilines is 2. The van der Waals surface area contributed by atoms with Gasteiger partial charge in [-0.3, -0.25) is 0 Å². The van der Waals surface area contributed by atoms with Crippen LogP contribution < -0.4 is 10.1 Å². The zero-order valence-electron chi connectivity index (χ0n) is 14.1. The fourth-order valence-corrected chi connectivity index (χ4v) is 2.60. The molecule has 0 spiro atoms. The van der Waals surface area contributed by atoms with Crippen LogP contribution in [0.25, 0.3) is 10.8 Å². The van der Waals surface area contributed by atoms with Crippen LogP contribution in [0.1, 0.15) is 5.56 Å². The van der Waals surface area contributed by atoms with Crippen LogP contribution in [0.2, 0.25) is 0 Å². The maximum Gasteiger partial charge on any atom is 0.269 e. The molecule has 0 amide bonds. The molecule has 1 N–H and O–H groups in total. The molecule has 4 aromatic rings. The summed E-state index contributed by atoms with van der Waals surface area (Å²) in [6, 6.07) is 21.7. The van der Waals surface area contributed by atoms with Gasteiger partial charge in [0, 0.05) is 11.1 Å². The molecule has 7 heteroatoms. The molecule has 26 heavy (non-hydrogen) atoms. The summed E-state index contributed by atoms with van der Waals surface area (Å²) in [6.07, 6.45) is 1.68. The molecule has 0 aliphatic rings. The Morgan fingerprint density at radius 3 is 2.65 bits per heavy atom. The van der Waals surface area contributed by atoms with Crippen molar-refractivity contribution in [1.82, 2.24) is 20.3 Å².